The summed E-state index contributed by atoms with van der Waals surface area (Å²) in [5.74, 6) is 0.323. The second-order valence-corrected chi connectivity index (χ2v) is 5.02. The van der Waals surface area contributed by atoms with Crippen molar-refractivity contribution >= 4 is 39.9 Å². The number of aromatic nitrogens is 1. The van der Waals surface area contributed by atoms with Gasteiger partial charge in [0.25, 0.3) is 0 Å². The lowest BCUT2D eigenvalue weighted by molar-refractivity contribution is 1.23. The highest BCUT2D eigenvalue weighted by molar-refractivity contribution is 7.13. The van der Waals surface area contributed by atoms with Crippen molar-refractivity contribution in [3.05, 3.63) is 45.9 Å². The number of hydrogen-bond donors (Lipinski definition) is 2. The quantitative estimate of drug-likeness (QED) is 0.658. The normalized spacial score (nSPS) is 12.7. The molecule has 0 unspecified atom stereocenters. The van der Waals surface area contributed by atoms with Crippen LogP contribution in [0.15, 0.2) is 39.6 Å². The number of guanidine groups is 1. The van der Waals surface area contributed by atoms with E-state index >= 15 is 0 Å². The van der Waals surface area contributed by atoms with E-state index in [1.807, 2.05) is 12.3 Å². The highest BCUT2D eigenvalue weighted by Crippen LogP contribution is 2.18. The van der Waals surface area contributed by atoms with Gasteiger partial charge in [-0.1, -0.05) is 23.7 Å². The Morgan fingerprint density at radius 2 is 2.16 bits per heavy atom. The molecule has 0 spiro atoms. The van der Waals surface area contributed by atoms with Crippen LogP contribution in [0.2, 0.25) is 5.02 Å². The topological polar surface area (TPSA) is 89.6 Å². The van der Waals surface area contributed by atoms with E-state index in [2.05, 4.69) is 15.0 Å². The SMILES string of the molecule is Cc1csc(/N=C(N)/N=C(\N)c2cccc(Cl)c2)n1. The number of rotatable bonds is 2. The van der Waals surface area contributed by atoms with Crippen molar-refractivity contribution in [3.8, 4) is 0 Å². The summed E-state index contributed by atoms with van der Waals surface area (Å²) in [5, 5.41) is 3.02. The maximum absolute atomic E-state index is 5.88. The van der Waals surface area contributed by atoms with Crippen molar-refractivity contribution in [3.63, 3.8) is 0 Å². The molecule has 19 heavy (non-hydrogen) atoms. The van der Waals surface area contributed by atoms with Crippen LogP contribution in [0, 0.1) is 6.92 Å². The smallest absolute Gasteiger partial charge is 0.224 e. The molecule has 4 N–H and O–H groups in total. The molecule has 7 heteroatoms. The minimum Gasteiger partial charge on any atom is -0.383 e. The number of aliphatic imine (C=N–C) groups is 2. The van der Waals surface area contributed by atoms with Crippen LogP contribution in [0.5, 0.6) is 0 Å². The standard InChI is InChI=1S/C12H12ClN5S/c1-7-6-19-12(16-7)18-11(15)17-10(14)8-3-2-4-9(13)5-8/h2-6H,1H3,(H4,14,15,16,17,18). The zero-order valence-corrected chi connectivity index (χ0v) is 11.7. The van der Waals surface area contributed by atoms with Gasteiger partial charge >= 0.3 is 0 Å². The van der Waals surface area contributed by atoms with Crippen LogP contribution in [-0.2, 0) is 0 Å². The number of hydrogen-bond acceptors (Lipinski definition) is 3. The van der Waals surface area contributed by atoms with Gasteiger partial charge in [-0.25, -0.2) is 4.98 Å². The highest BCUT2D eigenvalue weighted by atomic mass is 35.5. The van der Waals surface area contributed by atoms with Gasteiger partial charge in [0.1, 0.15) is 5.84 Å². The monoisotopic (exact) mass is 293 g/mol. The number of halogens is 1. The summed E-state index contributed by atoms with van der Waals surface area (Å²) in [6, 6.07) is 7.05. The zero-order valence-electron chi connectivity index (χ0n) is 10.2. The maximum Gasteiger partial charge on any atom is 0.224 e. The van der Waals surface area contributed by atoms with Gasteiger partial charge in [-0.05, 0) is 19.1 Å². The average molecular weight is 294 g/mol. The van der Waals surface area contributed by atoms with Crippen LogP contribution in [-0.4, -0.2) is 16.8 Å². The molecule has 5 nitrogen and oxygen atoms in total. The van der Waals surface area contributed by atoms with Crippen molar-refractivity contribution in [2.24, 2.45) is 21.5 Å². The van der Waals surface area contributed by atoms with E-state index < -0.39 is 0 Å². The van der Waals surface area contributed by atoms with E-state index in [0.717, 1.165) is 5.69 Å². The van der Waals surface area contributed by atoms with E-state index in [4.69, 9.17) is 23.1 Å². The molecule has 0 aliphatic rings. The van der Waals surface area contributed by atoms with Crippen LogP contribution in [0.3, 0.4) is 0 Å². The molecular formula is C12H12ClN5S. The third-order valence-electron chi connectivity index (χ3n) is 2.17. The Morgan fingerprint density at radius 3 is 2.79 bits per heavy atom. The van der Waals surface area contributed by atoms with E-state index in [1.165, 1.54) is 11.3 Å². The molecule has 0 aliphatic carbocycles. The molecule has 0 fully saturated rings. The molecule has 0 aliphatic heterocycles. The first-order valence-electron chi connectivity index (χ1n) is 5.41. The number of thiazole rings is 1. The first kappa shape index (κ1) is 13.5. The number of benzene rings is 1. The van der Waals surface area contributed by atoms with Crippen molar-refractivity contribution in [1.82, 2.24) is 4.98 Å². The molecule has 1 aromatic heterocycles. The van der Waals surface area contributed by atoms with Gasteiger partial charge in [-0.15, -0.1) is 11.3 Å². The van der Waals surface area contributed by atoms with Gasteiger partial charge in [0, 0.05) is 16.0 Å². The first-order chi connectivity index (χ1) is 9.04. The first-order valence-corrected chi connectivity index (χ1v) is 6.67. The highest BCUT2D eigenvalue weighted by Gasteiger charge is 2.01. The summed E-state index contributed by atoms with van der Waals surface area (Å²) in [7, 11) is 0. The molecule has 0 bridgehead atoms. The number of nitrogens with zero attached hydrogens (tertiary/aromatic N) is 3. The van der Waals surface area contributed by atoms with E-state index in [9.17, 15) is 0 Å². The number of nitrogens with two attached hydrogens (primary N) is 2. The molecule has 1 heterocycles. The van der Waals surface area contributed by atoms with Gasteiger partial charge in [-0.3, -0.25) is 0 Å². The molecular weight excluding hydrogens is 282 g/mol. The summed E-state index contributed by atoms with van der Waals surface area (Å²) in [6.45, 7) is 1.88. The van der Waals surface area contributed by atoms with Crippen molar-refractivity contribution in [2.75, 3.05) is 0 Å². The van der Waals surface area contributed by atoms with Crippen molar-refractivity contribution < 1.29 is 0 Å². The second kappa shape index (κ2) is 5.81. The fraction of sp³-hybridized carbons (Fsp3) is 0.0833. The maximum atomic E-state index is 5.88. The fourth-order valence-electron chi connectivity index (χ4n) is 1.35. The fourth-order valence-corrected chi connectivity index (χ4v) is 2.21. The van der Waals surface area contributed by atoms with Crippen LogP contribution < -0.4 is 11.5 Å². The summed E-state index contributed by atoms with van der Waals surface area (Å²) < 4.78 is 0. The minimum atomic E-state index is 0.0619. The van der Waals surface area contributed by atoms with Gasteiger partial charge in [-0.2, -0.15) is 9.98 Å². The molecule has 98 valence electrons. The van der Waals surface area contributed by atoms with E-state index in [-0.39, 0.29) is 11.8 Å². The molecule has 0 saturated carbocycles. The lowest BCUT2D eigenvalue weighted by Gasteiger charge is -2.00. The van der Waals surface area contributed by atoms with Crippen LogP contribution >= 0.6 is 22.9 Å². The minimum absolute atomic E-state index is 0.0619. The largest absolute Gasteiger partial charge is 0.383 e. The van der Waals surface area contributed by atoms with E-state index in [1.54, 1.807) is 24.3 Å². The third kappa shape index (κ3) is 3.77. The molecule has 2 aromatic rings. The predicted molar refractivity (Wildman–Crippen MR) is 80.3 cm³/mol. The van der Waals surface area contributed by atoms with Gasteiger partial charge in [0.2, 0.25) is 11.1 Å². The lowest BCUT2D eigenvalue weighted by atomic mass is 10.2. The summed E-state index contributed by atoms with van der Waals surface area (Å²) >= 11 is 7.27. The Bertz CT molecular complexity index is 647. The number of aryl methyl sites for hydroxylation is 1. The Kier molecular flexibility index (Phi) is 4.13. The summed E-state index contributed by atoms with van der Waals surface area (Å²) in [4.78, 5) is 12.3. The molecule has 0 saturated heterocycles. The molecule has 0 amide bonds. The second-order valence-electron chi connectivity index (χ2n) is 3.75. The van der Waals surface area contributed by atoms with Crippen LogP contribution in [0.4, 0.5) is 5.13 Å². The Labute approximate surface area is 119 Å². The lowest BCUT2D eigenvalue weighted by Crippen LogP contribution is -2.19. The Morgan fingerprint density at radius 1 is 1.37 bits per heavy atom. The molecule has 0 atom stereocenters. The summed E-state index contributed by atoms with van der Waals surface area (Å²) in [5.41, 5.74) is 13.1. The van der Waals surface area contributed by atoms with Gasteiger partial charge in [0.15, 0.2) is 0 Å². The molecule has 0 radical (unpaired) electrons. The predicted octanol–water partition coefficient (Wildman–Crippen LogP) is 2.46. The van der Waals surface area contributed by atoms with Crippen LogP contribution in [0.1, 0.15) is 11.3 Å². The van der Waals surface area contributed by atoms with Crippen molar-refractivity contribution in [2.45, 2.75) is 6.92 Å². The summed E-state index contributed by atoms with van der Waals surface area (Å²) in [6.07, 6.45) is 0. The average Bonchev–Trinajstić information content (AvgIpc) is 2.74. The Hall–Kier alpha value is -1.92. The Balaban J connectivity index is 2.23. The van der Waals surface area contributed by atoms with E-state index in [0.29, 0.717) is 15.7 Å². The van der Waals surface area contributed by atoms with Crippen LogP contribution in [0.25, 0.3) is 0 Å². The molecule has 2 rings (SSSR count). The number of amidine groups is 1. The zero-order chi connectivity index (χ0) is 13.8. The van der Waals surface area contributed by atoms with Gasteiger partial charge < -0.3 is 11.5 Å². The van der Waals surface area contributed by atoms with Crippen molar-refractivity contribution in [1.29, 1.82) is 0 Å². The van der Waals surface area contributed by atoms with Gasteiger partial charge in [0.05, 0.1) is 5.69 Å². The third-order valence-corrected chi connectivity index (χ3v) is 3.26. The molecule has 1 aromatic carbocycles.